The minimum atomic E-state index is 0.519. The van der Waals surface area contributed by atoms with Gasteiger partial charge in [-0.1, -0.05) is 13.8 Å². The van der Waals surface area contributed by atoms with E-state index in [1.54, 1.807) is 14.2 Å². The molecule has 0 radical (unpaired) electrons. The highest BCUT2D eigenvalue weighted by Gasteiger charge is 2.20. The lowest BCUT2D eigenvalue weighted by molar-refractivity contribution is 0.347. The number of guanidine groups is 1. The maximum Gasteiger partial charge on any atom is 0.191 e. The van der Waals surface area contributed by atoms with E-state index in [-0.39, 0.29) is 0 Å². The number of nitrogens with two attached hydrogens (primary N) is 1. The summed E-state index contributed by atoms with van der Waals surface area (Å²) in [6.07, 6.45) is 0.938. The maximum absolute atomic E-state index is 6.10. The fourth-order valence-electron chi connectivity index (χ4n) is 2.45. The summed E-state index contributed by atoms with van der Waals surface area (Å²) >= 11 is 0. The van der Waals surface area contributed by atoms with E-state index in [0.29, 0.717) is 11.9 Å². The van der Waals surface area contributed by atoms with Gasteiger partial charge in [0.15, 0.2) is 17.5 Å². The Bertz CT molecular complexity index is 526. The van der Waals surface area contributed by atoms with Crippen LogP contribution in [0.2, 0.25) is 0 Å². The number of hydrogen-bond donors (Lipinski definition) is 1. The van der Waals surface area contributed by atoms with Gasteiger partial charge in [0.05, 0.1) is 14.2 Å². The fraction of sp³-hybridized carbons (Fsp3) is 0.562. The molecule has 1 aromatic rings. The van der Waals surface area contributed by atoms with Crippen molar-refractivity contribution in [1.29, 1.82) is 0 Å². The summed E-state index contributed by atoms with van der Waals surface area (Å²) in [4.78, 5) is 6.58. The highest BCUT2D eigenvalue weighted by molar-refractivity contribution is 5.78. The zero-order valence-corrected chi connectivity index (χ0v) is 13.3. The van der Waals surface area contributed by atoms with Gasteiger partial charge in [-0.2, -0.15) is 0 Å². The number of aliphatic imine (C=N–C) groups is 1. The summed E-state index contributed by atoms with van der Waals surface area (Å²) < 4.78 is 10.7. The summed E-state index contributed by atoms with van der Waals surface area (Å²) in [7, 11) is 3.32. The monoisotopic (exact) mass is 291 g/mol. The van der Waals surface area contributed by atoms with E-state index in [1.807, 2.05) is 6.07 Å². The normalized spacial score (nSPS) is 15.1. The van der Waals surface area contributed by atoms with Gasteiger partial charge < -0.3 is 20.1 Å². The first-order valence-corrected chi connectivity index (χ1v) is 7.33. The third kappa shape index (κ3) is 3.60. The van der Waals surface area contributed by atoms with E-state index in [1.165, 1.54) is 11.1 Å². The minimum Gasteiger partial charge on any atom is -0.493 e. The van der Waals surface area contributed by atoms with Gasteiger partial charge in [0.2, 0.25) is 0 Å². The summed E-state index contributed by atoms with van der Waals surface area (Å²) in [5.74, 6) is 2.69. The Morgan fingerprint density at radius 3 is 2.43 bits per heavy atom. The molecule has 1 heterocycles. The molecule has 116 valence electrons. The zero-order chi connectivity index (χ0) is 15.4. The molecule has 2 N–H and O–H groups in total. The molecular weight excluding hydrogens is 266 g/mol. The lowest BCUT2D eigenvalue weighted by Crippen LogP contribution is -2.41. The van der Waals surface area contributed by atoms with Crippen molar-refractivity contribution in [2.24, 2.45) is 16.6 Å². The third-order valence-electron chi connectivity index (χ3n) is 3.66. The van der Waals surface area contributed by atoms with Gasteiger partial charge in [0.1, 0.15) is 0 Å². The number of methoxy groups -OCH3 is 2. The van der Waals surface area contributed by atoms with Crippen molar-refractivity contribution in [1.82, 2.24) is 4.90 Å². The first-order chi connectivity index (χ1) is 10.0. The Labute approximate surface area is 126 Å². The van der Waals surface area contributed by atoms with Gasteiger partial charge in [-0.05, 0) is 35.6 Å². The lowest BCUT2D eigenvalue weighted by atomic mass is 9.99. The summed E-state index contributed by atoms with van der Waals surface area (Å²) in [6, 6.07) is 4.10. The zero-order valence-electron chi connectivity index (χ0n) is 13.3. The predicted molar refractivity (Wildman–Crippen MR) is 85.0 cm³/mol. The molecule has 2 rings (SSSR count). The van der Waals surface area contributed by atoms with Crippen LogP contribution in [0.1, 0.15) is 25.0 Å². The molecule has 0 bridgehead atoms. The Morgan fingerprint density at radius 1 is 1.24 bits per heavy atom. The Hall–Kier alpha value is -1.91. The number of fused-ring (bicyclic) bond motifs is 1. The van der Waals surface area contributed by atoms with Crippen molar-refractivity contribution in [3.05, 3.63) is 23.3 Å². The third-order valence-corrected chi connectivity index (χ3v) is 3.66. The fourth-order valence-corrected chi connectivity index (χ4v) is 2.45. The van der Waals surface area contributed by atoms with Crippen molar-refractivity contribution < 1.29 is 9.47 Å². The van der Waals surface area contributed by atoms with E-state index in [2.05, 4.69) is 29.8 Å². The molecule has 0 spiro atoms. The topological polar surface area (TPSA) is 60.1 Å². The van der Waals surface area contributed by atoms with Crippen molar-refractivity contribution in [3.8, 4) is 11.5 Å². The maximum atomic E-state index is 6.10. The highest BCUT2D eigenvalue weighted by atomic mass is 16.5. The van der Waals surface area contributed by atoms with Crippen LogP contribution < -0.4 is 15.2 Å². The van der Waals surface area contributed by atoms with Gasteiger partial charge in [-0.3, -0.25) is 4.99 Å². The first-order valence-electron chi connectivity index (χ1n) is 7.33. The molecule has 0 aliphatic carbocycles. The van der Waals surface area contributed by atoms with Crippen molar-refractivity contribution in [3.63, 3.8) is 0 Å². The molecule has 5 nitrogen and oxygen atoms in total. The molecule has 0 saturated carbocycles. The highest BCUT2D eigenvalue weighted by Crippen LogP contribution is 2.33. The van der Waals surface area contributed by atoms with Gasteiger partial charge in [-0.25, -0.2) is 0 Å². The van der Waals surface area contributed by atoms with E-state index >= 15 is 0 Å². The SMILES string of the molecule is COc1cc2c(cc1OC)CN(C(N)=NCC(C)C)CC2. The molecule has 0 saturated heterocycles. The second kappa shape index (κ2) is 6.70. The smallest absolute Gasteiger partial charge is 0.191 e. The second-order valence-electron chi connectivity index (χ2n) is 5.74. The Balaban J connectivity index is 2.18. The molecule has 1 aromatic carbocycles. The van der Waals surface area contributed by atoms with Crippen molar-refractivity contribution >= 4 is 5.96 Å². The number of hydrogen-bond acceptors (Lipinski definition) is 3. The molecule has 0 aromatic heterocycles. The molecule has 21 heavy (non-hydrogen) atoms. The molecule has 1 aliphatic heterocycles. The molecule has 0 fully saturated rings. The Kier molecular flexibility index (Phi) is 4.94. The molecular formula is C16H25N3O2. The van der Waals surface area contributed by atoms with Crippen LogP contribution in [-0.4, -0.2) is 38.2 Å². The van der Waals surface area contributed by atoms with Crippen molar-refractivity contribution in [2.45, 2.75) is 26.8 Å². The quantitative estimate of drug-likeness (QED) is 0.681. The average Bonchev–Trinajstić information content (AvgIpc) is 2.50. The van der Waals surface area contributed by atoms with Gasteiger partial charge >= 0.3 is 0 Å². The van der Waals surface area contributed by atoms with Crippen LogP contribution in [0.3, 0.4) is 0 Å². The number of benzene rings is 1. The summed E-state index contributed by atoms with van der Waals surface area (Å²) in [5.41, 5.74) is 8.62. The Morgan fingerprint density at radius 2 is 1.86 bits per heavy atom. The molecule has 0 unspecified atom stereocenters. The van der Waals surface area contributed by atoms with Crippen LogP contribution >= 0.6 is 0 Å². The van der Waals surface area contributed by atoms with Crippen LogP contribution in [0.4, 0.5) is 0 Å². The van der Waals surface area contributed by atoms with Crippen LogP contribution in [-0.2, 0) is 13.0 Å². The number of ether oxygens (including phenoxy) is 2. The van der Waals surface area contributed by atoms with Crippen LogP contribution in [0, 0.1) is 5.92 Å². The summed E-state index contributed by atoms with van der Waals surface area (Å²) in [6.45, 7) is 6.69. The molecule has 0 amide bonds. The van der Waals surface area contributed by atoms with Gasteiger partial charge in [-0.15, -0.1) is 0 Å². The largest absolute Gasteiger partial charge is 0.493 e. The number of rotatable bonds is 4. The number of nitrogens with zero attached hydrogens (tertiary/aromatic N) is 2. The first kappa shape index (κ1) is 15.5. The van der Waals surface area contributed by atoms with E-state index < -0.39 is 0 Å². The van der Waals surface area contributed by atoms with Crippen LogP contribution in [0.25, 0.3) is 0 Å². The van der Waals surface area contributed by atoms with E-state index in [0.717, 1.165) is 37.6 Å². The molecule has 5 heteroatoms. The van der Waals surface area contributed by atoms with Crippen molar-refractivity contribution in [2.75, 3.05) is 27.3 Å². The average molecular weight is 291 g/mol. The van der Waals surface area contributed by atoms with Gasteiger partial charge in [0.25, 0.3) is 0 Å². The van der Waals surface area contributed by atoms with Gasteiger partial charge in [0, 0.05) is 19.6 Å². The van der Waals surface area contributed by atoms with E-state index in [9.17, 15) is 0 Å². The molecule has 0 atom stereocenters. The summed E-state index contributed by atoms with van der Waals surface area (Å²) in [5, 5.41) is 0. The van der Waals surface area contributed by atoms with E-state index in [4.69, 9.17) is 15.2 Å². The minimum absolute atomic E-state index is 0.519. The van der Waals surface area contributed by atoms with Crippen LogP contribution in [0.15, 0.2) is 17.1 Å². The second-order valence-corrected chi connectivity index (χ2v) is 5.74. The standard InChI is InChI=1S/C16H25N3O2/c1-11(2)9-18-16(17)19-6-5-12-7-14(20-3)15(21-4)8-13(12)10-19/h7-8,11H,5-6,9-10H2,1-4H3,(H2,17,18). The lowest BCUT2D eigenvalue weighted by Gasteiger charge is -2.30. The predicted octanol–water partition coefficient (Wildman–Crippen LogP) is 2.03. The van der Waals surface area contributed by atoms with Crippen LogP contribution in [0.5, 0.6) is 11.5 Å². The molecule has 1 aliphatic rings.